The molecule has 0 aromatic heterocycles. The summed E-state index contributed by atoms with van der Waals surface area (Å²) in [5.74, 6) is 0.815. The van der Waals surface area contributed by atoms with Crippen LogP contribution in [0.4, 0.5) is 0 Å². The van der Waals surface area contributed by atoms with Gasteiger partial charge in [-0.3, -0.25) is 0 Å². The van der Waals surface area contributed by atoms with Gasteiger partial charge in [0.05, 0.1) is 0 Å². The molecular weight excluding hydrogens is 398 g/mol. The molecule has 0 spiro atoms. The van der Waals surface area contributed by atoms with Crippen LogP contribution in [0.5, 0.6) is 5.75 Å². The van der Waals surface area contributed by atoms with E-state index in [1.165, 1.54) is 4.35 Å². The summed E-state index contributed by atoms with van der Waals surface area (Å²) in [6, 6.07) is 18.1. The van der Waals surface area contributed by atoms with Crippen LogP contribution in [0.25, 0.3) is 0 Å². The van der Waals surface area contributed by atoms with Gasteiger partial charge in [0.15, 0.2) is 0 Å². The van der Waals surface area contributed by atoms with Crippen LogP contribution in [0, 0.1) is 0 Å². The molecule has 2 aromatic rings. The summed E-state index contributed by atoms with van der Waals surface area (Å²) in [5, 5.41) is 1.03. The van der Waals surface area contributed by atoms with Crippen molar-refractivity contribution in [1.29, 1.82) is 0 Å². The second-order valence-corrected chi connectivity index (χ2v) is 18.3. The monoisotopic (exact) mass is 416 g/mol. The van der Waals surface area contributed by atoms with Crippen LogP contribution >= 0.6 is 15.1 Å². The van der Waals surface area contributed by atoms with E-state index in [1.54, 1.807) is 31.0 Å². The molecule has 0 amide bonds. The van der Waals surface area contributed by atoms with Crippen molar-refractivity contribution in [2.75, 3.05) is 21.3 Å². The Bertz CT molecular complexity index is 637. The van der Waals surface area contributed by atoms with E-state index in [4.69, 9.17) is 24.8 Å². The summed E-state index contributed by atoms with van der Waals surface area (Å²) >= 11 is 4.08. The molecule has 7 heteroatoms. The van der Waals surface area contributed by atoms with Gasteiger partial charge in [-0.15, -0.1) is 0 Å². The standard InChI is InChI=1S/C15H18AsO3PS2/c1-17-14-9-11-15(12-10-14)20(21,19-3)22-16(18-2)13-7-5-4-6-8-13/h4-12H,1-3H3. The van der Waals surface area contributed by atoms with Gasteiger partial charge in [-0.2, -0.15) is 0 Å². The van der Waals surface area contributed by atoms with Crippen molar-refractivity contribution in [3.63, 3.8) is 0 Å². The zero-order valence-electron chi connectivity index (χ0n) is 12.6. The molecule has 0 saturated heterocycles. The molecule has 2 atom stereocenters. The number of rotatable bonds is 7. The summed E-state index contributed by atoms with van der Waals surface area (Å²) in [6.07, 6.45) is 0. The van der Waals surface area contributed by atoms with E-state index in [-0.39, 0.29) is 0 Å². The first kappa shape index (κ1) is 18.1. The first-order valence-electron chi connectivity index (χ1n) is 6.52. The number of benzene rings is 2. The zero-order valence-corrected chi connectivity index (χ0v) is 17.0. The number of hydrogen-bond acceptors (Lipinski definition) is 5. The molecule has 0 aliphatic heterocycles. The predicted octanol–water partition coefficient (Wildman–Crippen LogP) is 3.05. The van der Waals surface area contributed by atoms with E-state index < -0.39 is 19.3 Å². The Balaban J connectivity index is 2.27. The van der Waals surface area contributed by atoms with Gasteiger partial charge >= 0.3 is 145 Å². The quantitative estimate of drug-likeness (QED) is 0.511. The van der Waals surface area contributed by atoms with E-state index >= 15 is 0 Å². The van der Waals surface area contributed by atoms with Gasteiger partial charge in [0, 0.05) is 0 Å². The molecule has 118 valence electrons. The van der Waals surface area contributed by atoms with Gasteiger partial charge in [0.25, 0.3) is 0 Å². The minimum absolute atomic E-state index is 0.815. The Hall–Kier alpha value is -0.282. The molecule has 22 heavy (non-hydrogen) atoms. The molecule has 0 heterocycles. The van der Waals surface area contributed by atoms with Gasteiger partial charge in [0.1, 0.15) is 0 Å². The summed E-state index contributed by atoms with van der Waals surface area (Å²) in [7, 11) is 6.79. The molecule has 0 N–H and O–H groups in total. The Morgan fingerprint density at radius 1 is 0.955 bits per heavy atom. The molecule has 2 aromatic carbocycles. The van der Waals surface area contributed by atoms with Crippen LogP contribution in [0.1, 0.15) is 0 Å². The summed E-state index contributed by atoms with van der Waals surface area (Å²) < 4.78 is 17.9. The summed E-state index contributed by atoms with van der Waals surface area (Å²) in [5.41, 5.74) is -2.19. The van der Waals surface area contributed by atoms with Gasteiger partial charge in [-0.1, -0.05) is 0 Å². The predicted molar refractivity (Wildman–Crippen MR) is 100 cm³/mol. The van der Waals surface area contributed by atoms with Crippen LogP contribution in [0.3, 0.4) is 0 Å². The van der Waals surface area contributed by atoms with Gasteiger partial charge in [0.2, 0.25) is 0 Å². The van der Waals surface area contributed by atoms with Crippen molar-refractivity contribution < 1.29 is 13.0 Å². The fourth-order valence-electron chi connectivity index (χ4n) is 1.78. The zero-order chi connectivity index (χ0) is 16.0. The van der Waals surface area contributed by atoms with Crippen molar-refractivity contribution in [3.8, 4) is 5.75 Å². The van der Waals surface area contributed by atoms with Gasteiger partial charge in [-0.05, 0) is 0 Å². The normalized spacial score (nSPS) is 15.0. The third kappa shape index (κ3) is 4.38. The minimum atomic E-state index is -2.19. The van der Waals surface area contributed by atoms with Crippen molar-refractivity contribution in [2.45, 2.75) is 0 Å². The average molecular weight is 416 g/mol. The SMILES string of the molecule is COc1ccc(P(=S)(OC)S[As](OC)c2ccccc2)cc1. The third-order valence-corrected chi connectivity index (χ3v) is 22.0. The van der Waals surface area contributed by atoms with Crippen molar-refractivity contribution in [1.82, 2.24) is 0 Å². The third-order valence-electron chi connectivity index (χ3n) is 2.94. The number of methoxy groups -OCH3 is 1. The Labute approximate surface area is 144 Å². The first-order chi connectivity index (χ1) is 10.6. The van der Waals surface area contributed by atoms with E-state index in [1.807, 2.05) is 42.5 Å². The van der Waals surface area contributed by atoms with E-state index in [0.29, 0.717) is 0 Å². The van der Waals surface area contributed by atoms with Crippen molar-refractivity contribution in [2.24, 2.45) is 0 Å². The molecule has 0 radical (unpaired) electrons. The van der Waals surface area contributed by atoms with Crippen molar-refractivity contribution >= 4 is 50.4 Å². The molecule has 2 unspecified atom stereocenters. The summed E-state index contributed by atoms with van der Waals surface area (Å²) in [6.45, 7) is 0. The van der Waals surface area contributed by atoms with Gasteiger partial charge in [-0.25, -0.2) is 0 Å². The maximum absolute atomic E-state index is 5.86. The molecule has 0 aliphatic rings. The summed E-state index contributed by atoms with van der Waals surface area (Å²) in [4.78, 5) is 0. The van der Waals surface area contributed by atoms with Crippen LogP contribution in [0.15, 0.2) is 54.6 Å². The van der Waals surface area contributed by atoms with Crippen LogP contribution in [0.2, 0.25) is 0 Å². The molecule has 0 bridgehead atoms. The fourth-order valence-corrected chi connectivity index (χ4v) is 19.9. The number of ether oxygens (including phenoxy) is 1. The maximum atomic E-state index is 5.86. The van der Waals surface area contributed by atoms with E-state index in [0.717, 1.165) is 11.1 Å². The second kappa shape index (κ2) is 8.54. The molecule has 0 saturated carbocycles. The topological polar surface area (TPSA) is 27.7 Å². The first-order valence-corrected chi connectivity index (χ1v) is 14.6. The van der Waals surface area contributed by atoms with E-state index in [9.17, 15) is 0 Å². The average Bonchev–Trinajstić information content (AvgIpc) is 2.60. The van der Waals surface area contributed by atoms with E-state index in [2.05, 4.69) is 12.1 Å². The Morgan fingerprint density at radius 2 is 1.59 bits per heavy atom. The molecule has 3 nitrogen and oxygen atoms in total. The van der Waals surface area contributed by atoms with Crippen LogP contribution in [-0.4, -0.2) is 35.2 Å². The van der Waals surface area contributed by atoms with Crippen molar-refractivity contribution in [3.05, 3.63) is 54.6 Å². The second-order valence-electron chi connectivity index (χ2n) is 4.23. The Kier molecular flexibility index (Phi) is 7.01. The van der Waals surface area contributed by atoms with Gasteiger partial charge < -0.3 is 0 Å². The molecule has 0 fully saturated rings. The fraction of sp³-hybridized carbons (Fsp3) is 0.200. The molecular formula is C15H18AsO3PS2. The molecule has 0 aliphatic carbocycles. The number of hydrogen-bond donors (Lipinski definition) is 0. The molecule has 2 rings (SSSR count). The Morgan fingerprint density at radius 3 is 2.09 bits per heavy atom. The van der Waals surface area contributed by atoms with Crippen LogP contribution < -0.4 is 14.4 Å². The van der Waals surface area contributed by atoms with Crippen LogP contribution in [-0.2, 0) is 20.1 Å².